The highest BCUT2D eigenvalue weighted by molar-refractivity contribution is 8.00. The van der Waals surface area contributed by atoms with Crippen LogP contribution in [-0.4, -0.2) is 70.8 Å². The van der Waals surface area contributed by atoms with Crippen LogP contribution in [0.5, 0.6) is 0 Å². The summed E-state index contributed by atoms with van der Waals surface area (Å²) < 4.78 is 0. The third-order valence-corrected chi connectivity index (χ3v) is 6.68. The van der Waals surface area contributed by atoms with Crippen LogP contribution in [0.1, 0.15) is 39.5 Å². The number of hydrogen-bond acceptors (Lipinski definition) is 4. The molecule has 1 aliphatic carbocycles. The maximum absolute atomic E-state index is 12.3. The highest BCUT2D eigenvalue weighted by Crippen LogP contribution is 2.27. The Labute approximate surface area is 143 Å². The first kappa shape index (κ1) is 19.7. The largest absolute Gasteiger partial charge is 0.342 e. The SMILES string of the molecule is CSC(C)C(=O)N(C)C1CCC(N(C)C(=O)C(C)SC)CC1. The molecular weight excluding hydrogens is 316 g/mol. The average Bonchev–Trinajstić information content (AvgIpc) is 2.57. The Morgan fingerprint density at radius 2 is 1.09 bits per heavy atom. The summed E-state index contributed by atoms with van der Waals surface area (Å²) in [5.74, 6) is 0.438. The van der Waals surface area contributed by atoms with Crippen LogP contribution in [0.3, 0.4) is 0 Å². The second-order valence-electron chi connectivity index (χ2n) is 6.12. The summed E-state index contributed by atoms with van der Waals surface area (Å²) >= 11 is 3.19. The minimum absolute atomic E-state index is 0.0226. The standard InChI is InChI=1S/C16H30N2O2S2/c1-11(21-5)15(19)17(3)13-7-9-14(10-8-13)18(4)16(20)12(2)22-6/h11-14H,7-10H2,1-6H3. The molecule has 0 aromatic heterocycles. The fourth-order valence-corrected chi connectivity index (χ4v) is 3.70. The Bertz CT molecular complexity index is 348. The molecule has 1 aliphatic rings. The number of carbonyl (C=O) groups excluding carboxylic acids is 2. The summed E-state index contributed by atoms with van der Waals surface area (Å²) in [7, 11) is 3.84. The van der Waals surface area contributed by atoms with E-state index in [4.69, 9.17) is 0 Å². The van der Waals surface area contributed by atoms with Crippen molar-refractivity contribution >= 4 is 35.3 Å². The lowest BCUT2D eigenvalue weighted by molar-refractivity contribution is -0.134. The van der Waals surface area contributed by atoms with Gasteiger partial charge in [0.1, 0.15) is 0 Å². The van der Waals surface area contributed by atoms with Gasteiger partial charge in [-0.15, -0.1) is 0 Å². The van der Waals surface area contributed by atoms with E-state index < -0.39 is 0 Å². The van der Waals surface area contributed by atoms with Gasteiger partial charge in [0, 0.05) is 26.2 Å². The molecule has 1 rings (SSSR count). The van der Waals surface area contributed by atoms with Gasteiger partial charge in [-0.05, 0) is 52.0 Å². The first-order valence-corrected chi connectivity index (χ1v) is 10.5. The minimum Gasteiger partial charge on any atom is -0.342 e. The summed E-state index contributed by atoms with van der Waals surface area (Å²) in [6.45, 7) is 3.93. The maximum atomic E-state index is 12.3. The van der Waals surface area contributed by atoms with Crippen molar-refractivity contribution in [1.82, 2.24) is 9.80 Å². The van der Waals surface area contributed by atoms with Crippen molar-refractivity contribution in [3.8, 4) is 0 Å². The fourth-order valence-electron chi connectivity index (χ4n) is 2.97. The lowest BCUT2D eigenvalue weighted by atomic mass is 9.89. The van der Waals surface area contributed by atoms with Crippen LogP contribution in [0.2, 0.25) is 0 Å². The Hall–Kier alpha value is -0.360. The highest BCUT2D eigenvalue weighted by Gasteiger charge is 2.32. The molecule has 0 aromatic rings. The molecule has 6 heteroatoms. The molecular formula is C16H30N2O2S2. The molecule has 0 saturated heterocycles. The zero-order valence-corrected chi connectivity index (χ0v) is 16.3. The van der Waals surface area contributed by atoms with Crippen LogP contribution < -0.4 is 0 Å². The van der Waals surface area contributed by atoms with E-state index in [1.807, 2.05) is 50.3 Å². The van der Waals surface area contributed by atoms with E-state index in [1.165, 1.54) is 0 Å². The molecule has 0 heterocycles. The third kappa shape index (κ3) is 4.82. The van der Waals surface area contributed by atoms with E-state index >= 15 is 0 Å². The van der Waals surface area contributed by atoms with Gasteiger partial charge in [-0.3, -0.25) is 9.59 Å². The zero-order valence-electron chi connectivity index (χ0n) is 14.7. The van der Waals surface area contributed by atoms with Gasteiger partial charge >= 0.3 is 0 Å². The van der Waals surface area contributed by atoms with Crippen molar-refractivity contribution < 1.29 is 9.59 Å². The molecule has 0 bridgehead atoms. The molecule has 1 saturated carbocycles. The molecule has 1 fully saturated rings. The van der Waals surface area contributed by atoms with E-state index in [2.05, 4.69) is 0 Å². The third-order valence-electron chi connectivity index (χ3n) is 4.86. The molecule has 2 atom stereocenters. The number of rotatable bonds is 6. The van der Waals surface area contributed by atoms with Gasteiger partial charge in [-0.1, -0.05) is 0 Å². The minimum atomic E-state index is 0.0226. The monoisotopic (exact) mass is 346 g/mol. The summed E-state index contributed by atoms with van der Waals surface area (Å²) in [6.07, 6.45) is 7.89. The second-order valence-corrected chi connectivity index (χ2v) is 8.47. The van der Waals surface area contributed by atoms with Gasteiger partial charge in [0.05, 0.1) is 10.5 Å². The topological polar surface area (TPSA) is 40.6 Å². The molecule has 0 aliphatic heterocycles. The van der Waals surface area contributed by atoms with Gasteiger partial charge in [-0.25, -0.2) is 0 Å². The molecule has 4 nitrogen and oxygen atoms in total. The van der Waals surface area contributed by atoms with Crippen LogP contribution in [0.4, 0.5) is 0 Å². The molecule has 22 heavy (non-hydrogen) atoms. The van der Waals surface area contributed by atoms with Crippen molar-refractivity contribution in [1.29, 1.82) is 0 Å². The van der Waals surface area contributed by atoms with Crippen molar-refractivity contribution in [2.45, 2.75) is 62.1 Å². The van der Waals surface area contributed by atoms with Gasteiger partial charge < -0.3 is 9.80 Å². The van der Waals surface area contributed by atoms with E-state index in [-0.39, 0.29) is 22.3 Å². The van der Waals surface area contributed by atoms with Gasteiger partial charge in [0.2, 0.25) is 11.8 Å². The molecule has 2 unspecified atom stereocenters. The van der Waals surface area contributed by atoms with Gasteiger partial charge in [-0.2, -0.15) is 23.5 Å². The van der Waals surface area contributed by atoms with Crippen LogP contribution in [-0.2, 0) is 9.59 Å². The maximum Gasteiger partial charge on any atom is 0.235 e. The number of amides is 2. The van der Waals surface area contributed by atoms with E-state index in [0.717, 1.165) is 25.7 Å². The summed E-state index contributed by atoms with van der Waals surface area (Å²) in [6, 6.07) is 0.639. The highest BCUT2D eigenvalue weighted by atomic mass is 32.2. The molecule has 0 N–H and O–H groups in total. The smallest absolute Gasteiger partial charge is 0.235 e. The molecule has 0 spiro atoms. The zero-order chi connectivity index (χ0) is 16.9. The van der Waals surface area contributed by atoms with Gasteiger partial charge in [0.25, 0.3) is 0 Å². The van der Waals surface area contributed by atoms with Crippen LogP contribution in [0.15, 0.2) is 0 Å². The molecule has 2 amide bonds. The Morgan fingerprint density at radius 3 is 1.32 bits per heavy atom. The second kappa shape index (κ2) is 9.06. The number of carbonyl (C=O) groups is 2. The van der Waals surface area contributed by atoms with Gasteiger partial charge in [0.15, 0.2) is 0 Å². The Kier molecular flexibility index (Phi) is 8.11. The average molecular weight is 347 g/mol. The summed E-state index contributed by atoms with van der Waals surface area (Å²) in [5, 5.41) is 0.0452. The predicted octanol–water partition coefficient (Wildman–Crippen LogP) is 2.72. The van der Waals surface area contributed by atoms with Crippen molar-refractivity contribution in [2.75, 3.05) is 26.6 Å². The predicted molar refractivity (Wildman–Crippen MR) is 97.5 cm³/mol. The molecule has 0 aromatic carbocycles. The normalized spacial score (nSPS) is 24.5. The van der Waals surface area contributed by atoms with E-state index in [0.29, 0.717) is 12.1 Å². The Morgan fingerprint density at radius 1 is 0.818 bits per heavy atom. The lowest BCUT2D eigenvalue weighted by Gasteiger charge is -2.39. The first-order valence-electron chi connectivity index (χ1n) is 7.92. The number of hydrogen-bond donors (Lipinski definition) is 0. The summed E-state index contributed by atoms with van der Waals surface area (Å²) in [5.41, 5.74) is 0. The van der Waals surface area contributed by atoms with Crippen molar-refractivity contribution in [3.63, 3.8) is 0 Å². The van der Waals surface area contributed by atoms with Crippen molar-refractivity contribution in [3.05, 3.63) is 0 Å². The number of thioether (sulfide) groups is 2. The quantitative estimate of drug-likeness (QED) is 0.741. The van der Waals surface area contributed by atoms with Crippen molar-refractivity contribution in [2.24, 2.45) is 0 Å². The van der Waals surface area contributed by atoms with Crippen LogP contribution in [0.25, 0.3) is 0 Å². The number of nitrogens with zero attached hydrogens (tertiary/aromatic N) is 2. The molecule has 128 valence electrons. The fraction of sp³-hybridized carbons (Fsp3) is 0.875. The van der Waals surface area contributed by atoms with E-state index in [9.17, 15) is 9.59 Å². The van der Waals surface area contributed by atoms with Crippen LogP contribution in [0, 0.1) is 0 Å². The molecule has 0 radical (unpaired) electrons. The first-order chi connectivity index (χ1) is 10.3. The Balaban J connectivity index is 2.52. The van der Waals surface area contributed by atoms with E-state index in [1.54, 1.807) is 23.5 Å². The lowest BCUT2D eigenvalue weighted by Crippen LogP contribution is -2.48. The summed E-state index contributed by atoms with van der Waals surface area (Å²) in [4.78, 5) is 28.4. The van der Waals surface area contributed by atoms with Crippen LogP contribution >= 0.6 is 23.5 Å².